The molecule has 32 heavy (non-hydrogen) atoms. The number of methoxy groups -OCH3 is 1. The zero-order valence-electron chi connectivity index (χ0n) is 18.2. The zero-order valence-corrected chi connectivity index (χ0v) is 19.0. The summed E-state index contributed by atoms with van der Waals surface area (Å²) < 4.78 is 21.4. The number of hydrogen-bond acceptors (Lipinski definition) is 4. The monoisotopic (exact) mass is 452 g/mol. The van der Waals surface area contributed by atoms with Crippen LogP contribution in [0, 0.1) is 19.7 Å². The molecule has 0 saturated carbocycles. The van der Waals surface area contributed by atoms with E-state index < -0.39 is 0 Å². The lowest BCUT2D eigenvalue weighted by atomic mass is 9.96. The number of thiocarbonyl (C=S) groups is 1. The van der Waals surface area contributed by atoms with Gasteiger partial charge in [0.1, 0.15) is 5.82 Å². The van der Waals surface area contributed by atoms with Crippen molar-refractivity contribution in [2.24, 2.45) is 0 Å². The first-order valence-corrected chi connectivity index (χ1v) is 10.8. The van der Waals surface area contributed by atoms with Gasteiger partial charge >= 0.3 is 5.97 Å². The van der Waals surface area contributed by atoms with Gasteiger partial charge in [0.2, 0.25) is 0 Å². The Balaban J connectivity index is 1.81. The summed E-state index contributed by atoms with van der Waals surface area (Å²) >= 11 is 5.65. The van der Waals surface area contributed by atoms with Gasteiger partial charge in [0, 0.05) is 24.1 Å². The van der Waals surface area contributed by atoms with Crippen LogP contribution in [0.4, 0.5) is 4.39 Å². The molecule has 1 fully saturated rings. The largest absolute Gasteiger partial charge is 0.469 e. The Bertz CT molecular complexity index is 1150. The van der Waals surface area contributed by atoms with Crippen LogP contribution in [-0.2, 0) is 9.53 Å². The molecule has 0 unspecified atom stereocenters. The van der Waals surface area contributed by atoms with Crippen molar-refractivity contribution in [2.45, 2.75) is 32.4 Å². The van der Waals surface area contributed by atoms with E-state index in [1.54, 1.807) is 18.3 Å². The minimum absolute atomic E-state index is 0.204. The molecule has 1 aromatic carbocycles. The molecule has 3 aromatic rings. The number of pyridine rings is 1. The topological polar surface area (TPSA) is 59.4 Å². The lowest BCUT2D eigenvalue weighted by Gasteiger charge is -2.28. The number of hydrogen-bond donors (Lipinski definition) is 1. The van der Waals surface area contributed by atoms with E-state index in [9.17, 15) is 9.18 Å². The van der Waals surface area contributed by atoms with Crippen LogP contribution in [0.1, 0.15) is 41.1 Å². The third-order valence-electron chi connectivity index (χ3n) is 5.86. The second-order valence-corrected chi connectivity index (χ2v) is 8.15. The Morgan fingerprint density at radius 3 is 2.66 bits per heavy atom. The van der Waals surface area contributed by atoms with Crippen molar-refractivity contribution in [3.8, 4) is 5.69 Å². The number of halogens is 1. The number of benzene rings is 1. The smallest absolute Gasteiger partial charge is 0.307 e. The molecule has 1 N–H and O–H groups in total. The average Bonchev–Trinajstić information content (AvgIpc) is 3.28. The SMILES string of the molecule is COC(=O)CCN1C(=S)N[C@@H](c2ccccn2)[C@H]1c1cc(C)n(-c2ccccc2F)c1C. The summed E-state index contributed by atoms with van der Waals surface area (Å²) in [7, 11) is 1.37. The number of aryl methyl sites for hydroxylation is 1. The molecule has 0 aliphatic carbocycles. The Morgan fingerprint density at radius 1 is 1.22 bits per heavy atom. The lowest BCUT2D eigenvalue weighted by molar-refractivity contribution is -0.140. The number of nitrogens with zero attached hydrogens (tertiary/aromatic N) is 3. The third kappa shape index (κ3) is 3.98. The maximum absolute atomic E-state index is 14.6. The fourth-order valence-corrected chi connectivity index (χ4v) is 4.72. The van der Waals surface area contributed by atoms with Crippen LogP contribution >= 0.6 is 12.2 Å². The highest BCUT2D eigenvalue weighted by Gasteiger charge is 2.41. The molecule has 1 aliphatic heterocycles. The number of ether oxygens (including phenoxy) is 1. The fraction of sp³-hybridized carbons (Fsp3) is 0.292. The molecule has 0 spiro atoms. The second-order valence-electron chi connectivity index (χ2n) is 7.76. The van der Waals surface area contributed by atoms with Crippen molar-refractivity contribution >= 4 is 23.3 Å². The van der Waals surface area contributed by atoms with Crippen LogP contribution < -0.4 is 5.32 Å². The Labute approximate surface area is 192 Å². The Hall–Kier alpha value is -3.26. The fourth-order valence-electron chi connectivity index (χ4n) is 4.39. The summed E-state index contributed by atoms with van der Waals surface area (Å²) in [6.45, 7) is 4.33. The second kappa shape index (κ2) is 9.08. The number of nitrogens with one attached hydrogen (secondary N) is 1. The molecule has 3 heterocycles. The summed E-state index contributed by atoms with van der Waals surface area (Å²) in [5.74, 6) is -0.589. The molecule has 0 bridgehead atoms. The van der Waals surface area contributed by atoms with Gasteiger partial charge in [-0.3, -0.25) is 9.78 Å². The first kappa shape index (κ1) is 22.0. The molecule has 1 saturated heterocycles. The maximum atomic E-state index is 14.6. The molecule has 0 radical (unpaired) electrons. The normalized spacial score (nSPS) is 18.0. The van der Waals surface area contributed by atoms with Crippen molar-refractivity contribution in [1.29, 1.82) is 0 Å². The van der Waals surface area contributed by atoms with E-state index in [0.717, 1.165) is 22.6 Å². The number of carbonyl (C=O) groups excluding carboxylic acids is 1. The summed E-state index contributed by atoms with van der Waals surface area (Å²) in [5, 5.41) is 3.92. The van der Waals surface area contributed by atoms with Gasteiger partial charge in [-0.15, -0.1) is 0 Å². The van der Waals surface area contributed by atoms with Gasteiger partial charge in [-0.2, -0.15) is 0 Å². The van der Waals surface area contributed by atoms with Gasteiger partial charge in [-0.05, 0) is 62.0 Å². The van der Waals surface area contributed by atoms with Crippen LogP contribution in [0.2, 0.25) is 0 Å². The van der Waals surface area contributed by atoms with E-state index >= 15 is 0 Å². The standard InChI is InChI=1S/C24H25FN4O2S/c1-15-14-17(16(2)29(15)20-10-5-4-8-18(20)25)23-22(19-9-6-7-12-26-19)27-24(32)28(23)13-11-21(30)31-3/h4-10,12,14,22-23H,11,13H2,1-3H3,(H,27,32)/t22-,23+/m0/s1. The molecule has 8 heteroatoms. The zero-order chi connectivity index (χ0) is 22.8. The first-order valence-electron chi connectivity index (χ1n) is 10.4. The summed E-state index contributed by atoms with van der Waals surface area (Å²) in [5.41, 5.74) is 4.16. The predicted octanol–water partition coefficient (Wildman–Crippen LogP) is 4.16. The Morgan fingerprint density at radius 2 is 1.97 bits per heavy atom. The predicted molar refractivity (Wildman–Crippen MR) is 124 cm³/mol. The quantitative estimate of drug-likeness (QED) is 0.448. The summed E-state index contributed by atoms with van der Waals surface area (Å²) in [6.07, 6.45) is 1.95. The minimum atomic E-state index is -0.301. The average molecular weight is 453 g/mol. The van der Waals surface area contributed by atoms with Crippen molar-refractivity contribution in [1.82, 2.24) is 19.8 Å². The number of esters is 1. The van der Waals surface area contributed by atoms with Gasteiger partial charge in [0.25, 0.3) is 0 Å². The highest BCUT2D eigenvalue weighted by molar-refractivity contribution is 7.80. The van der Waals surface area contributed by atoms with Gasteiger partial charge in [-0.25, -0.2) is 4.39 Å². The Kier molecular flexibility index (Phi) is 6.23. The first-order chi connectivity index (χ1) is 15.4. The summed E-state index contributed by atoms with van der Waals surface area (Å²) in [4.78, 5) is 18.4. The highest BCUT2D eigenvalue weighted by Crippen LogP contribution is 2.41. The van der Waals surface area contributed by atoms with Crippen LogP contribution in [0.25, 0.3) is 5.69 Å². The van der Waals surface area contributed by atoms with Crippen molar-refractivity contribution in [3.05, 3.63) is 83.2 Å². The number of para-hydroxylation sites is 1. The van der Waals surface area contributed by atoms with E-state index in [-0.39, 0.29) is 30.3 Å². The van der Waals surface area contributed by atoms with Crippen molar-refractivity contribution in [2.75, 3.05) is 13.7 Å². The van der Waals surface area contributed by atoms with Crippen LogP contribution in [0.3, 0.4) is 0 Å². The number of aromatic nitrogens is 2. The maximum Gasteiger partial charge on any atom is 0.307 e. The molecule has 4 rings (SSSR count). The van der Waals surface area contributed by atoms with Crippen LogP contribution in [0.5, 0.6) is 0 Å². The van der Waals surface area contributed by atoms with Gasteiger partial charge in [-0.1, -0.05) is 18.2 Å². The molecule has 2 aromatic heterocycles. The van der Waals surface area contributed by atoms with Gasteiger partial charge in [0.15, 0.2) is 5.11 Å². The van der Waals surface area contributed by atoms with Crippen molar-refractivity contribution in [3.63, 3.8) is 0 Å². The molecular weight excluding hydrogens is 427 g/mol. The van der Waals surface area contributed by atoms with Gasteiger partial charge in [0.05, 0.1) is 37.0 Å². The van der Waals surface area contributed by atoms with E-state index in [4.69, 9.17) is 17.0 Å². The van der Waals surface area contributed by atoms with Gasteiger partial charge < -0.3 is 19.5 Å². The van der Waals surface area contributed by atoms with E-state index in [1.165, 1.54) is 13.2 Å². The van der Waals surface area contributed by atoms with Crippen molar-refractivity contribution < 1.29 is 13.9 Å². The summed E-state index contributed by atoms with van der Waals surface area (Å²) in [6, 6.07) is 14.1. The lowest BCUT2D eigenvalue weighted by Crippen LogP contribution is -2.32. The van der Waals surface area contributed by atoms with Crippen LogP contribution in [0.15, 0.2) is 54.7 Å². The van der Waals surface area contributed by atoms with E-state index in [1.807, 2.05) is 47.6 Å². The minimum Gasteiger partial charge on any atom is -0.469 e. The van der Waals surface area contributed by atoms with E-state index in [0.29, 0.717) is 17.3 Å². The molecule has 6 nitrogen and oxygen atoms in total. The third-order valence-corrected chi connectivity index (χ3v) is 6.22. The van der Waals surface area contributed by atoms with E-state index in [2.05, 4.69) is 16.4 Å². The molecular formula is C24H25FN4O2S. The molecule has 166 valence electrons. The number of rotatable bonds is 6. The molecule has 0 amide bonds. The molecule has 2 atom stereocenters. The molecule has 1 aliphatic rings. The van der Waals surface area contributed by atoms with Crippen LogP contribution in [-0.4, -0.2) is 39.2 Å². The number of carbonyl (C=O) groups is 1. The highest BCUT2D eigenvalue weighted by atomic mass is 32.1.